The second-order valence-corrected chi connectivity index (χ2v) is 3.46. The molecule has 0 saturated heterocycles. The number of rotatable bonds is 1. The molecule has 70 valence electrons. The molecule has 0 bridgehead atoms. The zero-order valence-corrected chi connectivity index (χ0v) is 7.20. The molecule has 0 spiro atoms. The monoisotopic (exact) mass is 181 g/mol. The van der Waals surface area contributed by atoms with Crippen LogP contribution >= 0.6 is 0 Å². The Labute approximate surface area is 76.2 Å². The second-order valence-electron chi connectivity index (χ2n) is 3.46. The number of hydrogen-bond donors (Lipinski definition) is 2. The van der Waals surface area contributed by atoms with Gasteiger partial charge in [-0.15, -0.1) is 0 Å². The summed E-state index contributed by atoms with van der Waals surface area (Å²) < 4.78 is 12.9. The third-order valence-corrected chi connectivity index (χ3v) is 2.64. The molecule has 0 heterocycles. The molecule has 2 nitrogen and oxygen atoms in total. The van der Waals surface area contributed by atoms with E-state index >= 15 is 0 Å². The van der Waals surface area contributed by atoms with Gasteiger partial charge in [-0.2, -0.15) is 0 Å². The largest absolute Gasteiger partial charge is 0.388 e. The third kappa shape index (κ3) is 1.34. The van der Waals surface area contributed by atoms with E-state index in [1.165, 1.54) is 12.1 Å². The van der Waals surface area contributed by atoms with Crippen molar-refractivity contribution in [3.63, 3.8) is 0 Å². The molecule has 0 radical (unpaired) electrons. The van der Waals surface area contributed by atoms with Crippen molar-refractivity contribution in [1.29, 1.82) is 0 Å². The van der Waals surface area contributed by atoms with Crippen molar-refractivity contribution in [1.82, 2.24) is 0 Å². The first-order chi connectivity index (χ1) is 6.22. The fraction of sp³-hybridized carbons (Fsp3) is 0.400. The van der Waals surface area contributed by atoms with Crippen LogP contribution in [0.2, 0.25) is 0 Å². The van der Waals surface area contributed by atoms with Crippen molar-refractivity contribution in [2.75, 3.05) is 6.54 Å². The fourth-order valence-corrected chi connectivity index (χ4v) is 1.95. The number of hydrogen-bond acceptors (Lipinski definition) is 2. The number of nitrogens with two attached hydrogens (primary N) is 1. The molecule has 0 aromatic heterocycles. The molecule has 2 unspecified atom stereocenters. The summed E-state index contributed by atoms with van der Waals surface area (Å²) in [6.07, 6.45) is 0.152. The number of aliphatic hydroxyl groups excluding tert-OH is 1. The van der Waals surface area contributed by atoms with Gasteiger partial charge in [-0.3, -0.25) is 0 Å². The van der Waals surface area contributed by atoms with Crippen molar-refractivity contribution < 1.29 is 9.50 Å². The number of benzene rings is 1. The highest BCUT2D eigenvalue weighted by Crippen LogP contribution is 2.39. The Bertz CT molecular complexity index is 327. The minimum atomic E-state index is -0.468. The smallest absolute Gasteiger partial charge is 0.123 e. The summed E-state index contributed by atoms with van der Waals surface area (Å²) in [5, 5.41) is 9.60. The van der Waals surface area contributed by atoms with E-state index in [2.05, 4.69) is 0 Å². The van der Waals surface area contributed by atoms with Gasteiger partial charge in [0.15, 0.2) is 0 Å². The van der Waals surface area contributed by atoms with Crippen molar-refractivity contribution in [3.05, 3.63) is 35.1 Å². The van der Waals surface area contributed by atoms with Gasteiger partial charge in [0.1, 0.15) is 5.82 Å². The summed E-state index contributed by atoms with van der Waals surface area (Å²) in [4.78, 5) is 0. The Hall–Kier alpha value is -0.930. The molecular formula is C10H12FNO. The molecule has 1 aromatic carbocycles. The van der Waals surface area contributed by atoms with E-state index in [0.29, 0.717) is 13.0 Å². The average Bonchev–Trinajstić information content (AvgIpc) is 2.42. The summed E-state index contributed by atoms with van der Waals surface area (Å²) in [5.74, 6) is -0.146. The summed E-state index contributed by atoms with van der Waals surface area (Å²) in [6, 6.07) is 4.50. The summed E-state index contributed by atoms with van der Waals surface area (Å²) >= 11 is 0. The molecule has 13 heavy (non-hydrogen) atoms. The minimum absolute atomic E-state index is 0.112. The van der Waals surface area contributed by atoms with Crippen LogP contribution in [0.15, 0.2) is 18.2 Å². The Kier molecular flexibility index (Phi) is 2.06. The van der Waals surface area contributed by atoms with Gasteiger partial charge in [-0.1, -0.05) is 6.07 Å². The maximum Gasteiger partial charge on any atom is 0.123 e. The number of halogens is 1. The zero-order chi connectivity index (χ0) is 9.42. The molecule has 1 aliphatic rings. The molecule has 2 atom stereocenters. The summed E-state index contributed by atoms with van der Waals surface area (Å²) in [6.45, 7) is 0.466. The highest BCUT2D eigenvalue weighted by Gasteiger charge is 2.28. The molecule has 3 heteroatoms. The first kappa shape index (κ1) is 8.66. The van der Waals surface area contributed by atoms with Gasteiger partial charge in [0.05, 0.1) is 6.10 Å². The van der Waals surface area contributed by atoms with Gasteiger partial charge < -0.3 is 10.8 Å². The van der Waals surface area contributed by atoms with Gasteiger partial charge in [0, 0.05) is 0 Å². The van der Waals surface area contributed by atoms with Gasteiger partial charge in [0.2, 0.25) is 0 Å². The SMILES string of the molecule is NCC1CC(O)c2ccc(F)cc21. The Balaban J connectivity index is 2.46. The van der Waals surface area contributed by atoms with E-state index in [4.69, 9.17) is 5.73 Å². The van der Waals surface area contributed by atoms with Gasteiger partial charge in [-0.25, -0.2) is 4.39 Å². The van der Waals surface area contributed by atoms with E-state index in [9.17, 15) is 9.50 Å². The van der Waals surface area contributed by atoms with Crippen LogP contribution in [0.4, 0.5) is 4.39 Å². The van der Waals surface area contributed by atoms with E-state index < -0.39 is 6.10 Å². The summed E-state index contributed by atoms with van der Waals surface area (Å²) in [5.41, 5.74) is 7.23. The molecular weight excluding hydrogens is 169 g/mol. The second kappa shape index (κ2) is 3.09. The molecule has 3 N–H and O–H groups in total. The molecule has 0 amide bonds. The van der Waals surface area contributed by atoms with Crippen LogP contribution in [0, 0.1) is 5.82 Å². The van der Waals surface area contributed by atoms with Crippen molar-refractivity contribution >= 4 is 0 Å². The normalized spacial score (nSPS) is 26.1. The lowest BCUT2D eigenvalue weighted by atomic mass is 10.0. The van der Waals surface area contributed by atoms with E-state index in [1.54, 1.807) is 6.07 Å². The molecule has 1 aromatic rings. The van der Waals surface area contributed by atoms with Crippen LogP contribution in [0.1, 0.15) is 29.6 Å². The Morgan fingerprint density at radius 3 is 2.92 bits per heavy atom. The van der Waals surface area contributed by atoms with Crippen molar-refractivity contribution in [3.8, 4) is 0 Å². The maximum absolute atomic E-state index is 12.9. The van der Waals surface area contributed by atoms with Gasteiger partial charge >= 0.3 is 0 Å². The molecule has 2 rings (SSSR count). The van der Waals surface area contributed by atoms with E-state index in [1.807, 2.05) is 0 Å². The van der Waals surface area contributed by atoms with Crippen LogP contribution in [0.25, 0.3) is 0 Å². The molecule has 1 aliphatic carbocycles. The quantitative estimate of drug-likeness (QED) is 0.686. The van der Waals surface area contributed by atoms with E-state index in [-0.39, 0.29) is 11.7 Å². The highest BCUT2D eigenvalue weighted by atomic mass is 19.1. The molecule has 0 fully saturated rings. The van der Waals surface area contributed by atoms with Crippen LogP contribution in [-0.4, -0.2) is 11.7 Å². The third-order valence-electron chi connectivity index (χ3n) is 2.64. The first-order valence-electron chi connectivity index (χ1n) is 4.40. The predicted molar refractivity (Wildman–Crippen MR) is 47.8 cm³/mol. The maximum atomic E-state index is 12.9. The lowest BCUT2D eigenvalue weighted by Crippen LogP contribution is -2.09. The van der Waals surface area contributed by atoms with Gasteiger partial charge in [0.25, 0.3) is 0 Å². The van der Waals surface area contributed by atoms with E-state index in [0.717, 1.165) is 11.1 Å². The lowest BCUT2D eigenvalue weighted by Gasteiger charge is -2.06. The first-order valence-corrected chi connectivity index (χ1v) is 4.40. The minimum Gasteiger partial charge on any atom is -0.388 e. The predicted octanol–water partition coefficient (Wildman–Crippen LogP) is 1.31. The topological polar surface area (TPSA) is 46.2 Å². The summed E-state index contributed by atoms with van der Waals surface area (Å²) in [7, 11) is 0. The average molecular weight is 181 g/mol. The number of aliphatic hydroxyl groups is 1. The van der Waals surface area contributed by atoms with Crippen molar-refractivity contribution in [2.45, 2.75) is 18.4 Å². The fourth-order valence-electron chi connectivity index (χ4n) is 1.95. The number of fused-ring (bicyclic) bond motifs is 1. The van der Waals surface area contributed by atoms with Crippen LogP contribution in [-0.2, 0) is 0 Å². The standard InChI is InChI=1S/C10H12FNO/c11-7-1-2-8-9(4-7)6(5-12)3-10(8)13/h1-2,4,6,10,13H,3,5,12H2. The molecule has 0 saturated carbocycles. The van der Waals surface area contributed by atoms with Crippen LogP contribution in [0.3, 0.4) is 0 Å². The van der Waals surface area contributed by atoms with Crippen LogP contribution in [0.5, 0.6) is 0 Å². The van der Waals surface area contributed by atoms with Crippen LogP contribution < -0.4 is 5.73 Å². The van der Waals surface area contributed by atoms with Gasteiger partial charge in [-0.05, 0) is 42.1 Å². The Morgan fingerprint density at radius 2 is 2.23 bits per heavy atom. The highest BCUT2D eigenvalue weighted by molar-refractivity contribution is 5.37. The molecule has 0 aliphatic heterocycles. The van der Waals surface area contributed by atoms with Crippen molar-refractivity contribution in [2.24, 2.45) is 5.73 Å². The zero-order valence-electron chi connectivity index (χ0n) is 7.20. The lowest BCUT2D eigenvalue weighted by molar-refractivity contribution is 0.173. The Morgan fingerprint density at radius 1 is 1.46 bits per heavy atom.